The fourth-order valence-corrected chi connectivity index (χ4v) is 3.18. The molecular weight excluding hydrogens is 411 g/mol. The number of nitro groups is 1. The van der Waals surface area contributed by atoms with E-state index in [4.69, 9.17) is 37.2 Å². The van der Waals surface area contributed by atoms with Crippen molar-refractivity contribution in [3.63, 3.8) is 0 Å². The van der Waals surface area contributed by atoms with Crippen molar-refractivity contribution >= 4 is 28.9 Å². The van der Waals surface area contributed by atoms with Gasteiger partial charge in [-0.05, 0) is 25.5 Å². The number of benzene rings is 1. The van der Waals surface area contributed by atoms with E-state index in [1.165, 1.54) is 26.4 Å². The smallest absolute Gasteiger partial charge is 0.315 e. The largest absolute Gasteiger partial charge is 0.493 e. The first-order valence-electron chi connectivity index (χ1n) is 7.85. The third kappa shape index (κ3) is 3.34. The molecule has 2 aromatic heterocycles. The van der Waals surface area contributed by atoms with Gasteiger partial charge in [-0.2, -0.15) is 4.98 Å². The number of nitro benzene ring substituents is 1. The van der Waals surface area contributed by atoms with E-state index in [9.17, 15) is 10.1 Å². The van der Waals surface area contributed by atoms with Crippen LogP contribution in [0.15, 0.2) is 16.7 Å². The van der Waals surface area contributed by atoms with Crippen LogP contribution < -0.4 is 9.47 Å². The van der Waals surface area contributed by atoms with E-state index in [1.807, 2.05) is 0 Å². The molecule has 11 heteroatoms. The summed E-state index contributed by atoms with van der Waals surface area (Å²) in [6, 6.07) is 2.76. The molecule has 9 nitrogen and oxygen atoms in total. The first-order valence-corrected chi connectivity index (χ1v) is 8.61. The van der Waals surface area contributed by atoms with E-state index in [-0.39, 0.29) is 39.6 Å². The maximum absolute atomic E-state index is 11.4. The number of aromatic nitrogens is 3. The number of nitrogens with zero attached hydrogens (tertiary/aromatic N) is 4. The van der Waals surface area contributed by atoms with Gasteiger partial charge in [0.15, 0.2) is 5.75 Å². The summed E-state index contributed by atoms with van der Waals surface area (Å²) in [4.78, 5) is 19.3. The minimum atomic E-state index is -0.590. The molecule has 0 saturated carbocycles. The third-order valence-corrected chi connectivity index (χ3v) is 4.88. The van der Waals surface area contributed by atoms with Crippen molar-refractivity contribution in [2.24, 2.45) is 0 Å². The number of rotatable bonds is 5. The zero-order valence-corrected chi connectivity index (χ0v) is 16.8. The van der Waals surface area contributed by atoms with Crippen LogP contribution in [0.4, 0.5) is 5.69 Å². The van der Waals surface area contributed by atoms with Crippen LogP contribution in [0, 0.1) is 24.0 Å². The summed E-state index contributed by atoms with van der Waals surface area (Å²) < 4.78 is 15.5. The standard InChI is InChI=1S/C17H14Cl2N4O5/c1-7-12(15(19)20-8(2)13(7)18)16-21-17(28-22-16)9-5-10(23(24)25)14(27-4)11(6-9)26-3/h5-6H,1-4H3. The normalized spacial score (nSPS) is 10.8. The van der Waals surface area contributed by atoms with Crippen LogP contribution >= 0.6 is 23.2 Å². The van der Waals surface area contributed by atoms with Crippen LogP contribution in [0.2, 0.25) is 10.2 Å². The molecule has 3 aromatic rings. The van der Waals surface area contributed by atoms with Gasteiger partial charge < -0.3 is 14.0 Å². The molecular formula is C17H14Cl2N4O5. The minimum Gasteiger partial charge on any atom is -0.493 e. The van der Waals surface area contributed by atoms with Gasteiger partial charge in [0.1, 0.15) is 5.15 Å². The fraction of sp³-hybridized carbons (Fsp3) is 0.235. The van der Waals surface area contributed by atoms with E-state index in [2.05, 4.69) is 15.1 Å². The molecule has 0 amide bonds. The zero-order chi connectivity index (χ0) is 20.6. The Bertz CT molecular complexity index is 1080. The molecule has 0 N–H and O–H groups in total. The van der Waals surface area contributed by atoms with Crippen LogP contribution in [-0.4, -0.2) is 34.3 Å². The topological polar surface area (TPSA) is 113 Å². The number of hydrogen-bond acceptors (Lipinski definition) is 8. The maximum Gasteiger partial charge on any atom is 0.315 e. The average molecular weight is 425 g/mol. The first-order chi connectivity index (χ1) is 13.3. The Hall–Kier alpha value is -2.91. The van der Waals surface area contributed by atoms with Crippen molar-refractivity contribution in [1.29, 1.82) is 0 Å². The van der Waals surface area contributed by atoms with Gasteiger partial charge >= 0.3 is 5.69 Å². The van der Waals surface area contributed by atoms with Gasteiger partial charge in [-0.15, -0.1) is 0 Å². The van der Waals surface area contributed by atoms with Crippen LogP contribution in [0.3, 0.4) is 0 Å². The summed E-state index contributed by atoms with van der Waals surface area (Å²) in [6.45, 7) is 3.49. The van der Waals surface area contributed by atoms with E-state index in [1.54, 1.807) is 13.8 Å². The Morgan fingerprint density at radius 3 is 2.46 bits per heavy atom. The minimum absolute atomic E-state index is 0.00982. The van der Waals surface area contributed by atoms with Crippen LogP contribution in [0.5, 0.6) is 11.5 Å². The van der Waals surface area contributed by atoms with Gasteiger partial charge in [0.2, 0.25) is 11.6 Å². The molecule has 0 aliphatic heterocycles. The SMILES string of the molecule is COc1cc(-c2nc(-c3c(Cl)nc(C)c(Cl)c3C)no2)cc([N+](=O)[O-])c1OC. The van der Waals surface area contributed by atoms with Crippen molar-refractivity contribution in [3.05, 3.63) is 43.7 Å². The van der Waals surface area contributed by atoms with Gasteiger partial charge in [-0.1, -0.05) is 28.4 Å². The molecule has 28 heavy (non-hydrogen) atoms. The molecule has 0 atom stereocenters. The Labute approximate surface area is 169 Å². The predicted molar refractivity (Wildman–Crippen MR) is 102 cm³/mol. The van der Waals surface area contributed by atoms with Crippen molar-refractivity contribution in [1.82, 2.24) is 15.1 Å². The molecule has 0 aliphatic rings. The van der Waals surface area contributed by atoms with Crippen LogP contribution in [0.1, 0.15) is 11.3 Å². The lowest BCUT2D eigenvalue weighted by Gasteiger charge is -2.09. The molecule has 3 rings (SSSR count). The van der Waals surface area contributed by atoms with E-state index < -0.39 is 4.92 Å². The van der Waals surface area contributed by atoms with Gasteiger partial charge in [0.25, 0.3) is 5.89 Å². The molecule has 1 aromatic carbocycles. The lowest BCUT2D eigenvalue weighted by atomic mass is 10.1. The first kappa shape index (κ1) is 19.8. The van der Waals surface area contributed by atoms with Crippen molar-refractivity contribution in [2.45, 2.75) is 13.8 Å². The highest BCUT2D eigenvalue weighted by atomic mass is 35.5. The number of hydrogen-bond donors (Lipinski definition) is 0. The monoisotopic (exact) mass is 424 g/mol. The molecule has 0 saturated heterocycles. The number of ether oxygens (including phenoxy) is 2. The summed E-state index contributed by atoms with van der Waals surface area (Å²) in [5, 5.41) is 15.9. The number of pyridine rings is 1. The van der Waals surface area contributed by atoms with Gasteiger partial charge in [0, 0.05) is 6.07 Å². The lowest BCUT2D eigenvalue weighted by Crippen LogP contribution is -1.98. The number of halogens is 2. The van der Waals surface area contributed by atoms with Crippen molar-refractivity contribution < 1.29 is 18.9 Å². The Morgan fingerprint density at radius 2 is 1.86 bits per heavy atom. The fourth-order valence-electron chi connectivity index (χ4n) is 2.69. The van der Waals surface area contributed by atoms with Gasteiger partial charge in [-0.3, -0.25) is 10.1 Å². The van der Waals surface area contributed by atoms with Gasteiger partial charge in [0.05, 0.1) is 41.0 Å². The van der Waals surface area contributed by atoms with E-state index in [0.29, 0.717) is 21.8 Å². The highest BCUT2D eigenvalue weighted by Crippen LogP contribution is 2.41. The molecule has 0 radical (unpaired) electrons. The van der Waals surface area contributed by atoms with Crippen LogP contribution in [0.25, 0.3) is 22.8 Å². The second-order valence-electron chi connectivity index (χ2n) is 5.71. The summed E-state index contributed by atoms with van der Waals surface area (Å²) in [5.74, 6) is 0.334. The van der Waals surface area contributed by atoms with Gasteiger partial charge in [-0.25, -0.2) is 4.98 Å². The summed E-state index contributed by atoms with van der Waals surface area (Å²) in [7, 11) is 2.68. The highest BCUT2D eigenvalue weighted by molar-refractivity contribution is 6.35. The predicted octanol–water partition coefficient (Wildman–Crippen LogP) is 4.65. The molecule has 0 aliphatic carbocycles. The Balaban J connectivity index is 2.15. The second-order valence-corrected chi connectivity index (χ2v) is 6.45. The molecule has 2 heterocycles. The van der Waals surface area contributed by atoms with Crippen molar-refractivity contribution in [3.8, 4) is 34.3 Å². The Morgan fingerprint density at radius 1 is 1.14 bits per heavy atom. The molecule has 0 unspecified atom stereocenters. The van der Waals surface area contributed by atoms with E-state index in [0.717, 1.165) is 0 Å². The maximum atomic E-state index is 11.4. The lowest BCUT2D eigenvalue weighted by molar-refractivity contribution is -0.385. The quantitative estimate of drug-likeness (QED) is 0.330. The number of aryl methyl sites for hydroxylation is 1. The van der Waals surface area contributed by atoms with E-state index >= 15 is 0 Å². The number of methoxy groups -OCH3 is 2. The molecule has 0 spiro atoms. The average Bonchev–Trinajstić information content (AvgIpc) is 3.14. The highest BCUT2D eigenvalue weighted by Gasteiger charge is 2.25. The summed E-state index contributed by atoms with van der Waals surface area (Å²) in [5.41, 5.74) is 1.62. The second kappa shape index (κ2) is 7.61. The summed E-state index contributed by atoms with van der Waals surface area (Å²) in [6.07, 6.45) is 0. The van der Waals surface area contributed by atoms with Crippen LogP contribution in [-0.2, 0) is 0 Å². The zero-order valence-electron chi connectivity index (χ0n) is 15.2. The molecule has 146 valence electrons. The third-order valence-electron chi connectivity index (χ3n) is 4.05. The molecule has 0 bridgehead atoms. The Kier molecular flexibility index (Phi) is 5.39. The summed E-state index contributed by atoms with van der Waals surface area (Å²) >= 11 is 12.5. The van der Waals surface area contributed by atoms with Crippen molar-refractivity contribution in [2.75, 3.05) is 14.2 Å². The molecule has 0 fully saturated rings.